The summed E-state index contributed by atoms with van der Waals surface area (Å²) in [5.74, 6) is 1.19. The Labute approximate surface area is 123 Å². The van der Waals surface area contributed by atoms with Crippen LogP contribution in [0.15, 0.2) is 0 Å². The van der Waals surface area contributed by atoms with Gasteiger partial charge in [0.15, 0.2) is 0 Å². The van der Waals surface area contributed by atoms with Crippen molar-refractivity contribution in [2.24, 2.45) is 0 Å². The molecule has 7 heteroatoms. The molecule has 1 aromatic heterocycles. The number of carbonyl (C=O) groups is 1. The summed E-state index contributed by atoms with van der Waals surface area (Å²) in [5, 5.41) is 4.28. The van der Waals surface area contributed by atoms with Gasteiger partial charge in [-0.2, -0.15) is 4.37 Å². The first-order valence-corrected chi connectivity index (χ1v) is 8.15. The van der Waals surface area contributed by atoms with Crippen molar-refractivity contribution in [2.75, 3.05) is 37.6 Å². The zero-order valence-corrected chi connectivity index (χ0v) is 12.7. The summed E-state index contributed by atoms with van der Waals surface area (Å²) in [5.41, 5.74) is 0. The van der Waals surface area contributed by atoms with Crippen molar-refractivity contribution in [1.82, 2.24) is 19.6 Å². The lowest BCUT2D eigenvalue weighted by Gasteiger charge is -2.35. The van der Waals surface area contributed by atoms with Crippen LogP contribution in [0.2, 0.25) is 0 Å². The number of nitrogens with one attached hydrogen (secondary N) is 1. The Morgan fingerprint density at radius 2 is 2.20 bits per heavy atom. The van der Waals surface area contributed by atoms with Gasteiger partial charge in [0.25, 0.3) is 0 Å². The third-order valence-electron chi connectivity index (χ3n) is 3.99. The third kappa shape index (κ3) is 2.78. The smallest absolute Gasteiger partial charge is 0.239 e. The molecular weight excluding hydrogens is 274 g/mol. The molecule has 0 saturated carbocycles. The number of amides is 1. The molecule has 1 amide bonds. The second-order valence-corrected chi connectivity index (χ2v) is 6.04. The lowest BCUT2D eigenvalue weighted by Crippen LogP contribution is -2.53. The third-order valence-corrected chi connectivity index (χ3v) is 4.81. The van der Waals surface area contributed by atoms with Crippen LogP contribution in [0, 0.1) is 0 Å². The zero-order valence-electron chi connectivity index (χ0n) is 11.8. The highest BCUT2D eigenvalue weighted by atomic mass is 32.1. The Morgan fingerprint density at radius 1 is 1.40 bits per heavy atom. The summed E-state index contributed by atoms with van der Waals surface area (Å²) in [6, 6.07) is 0.0507. The fourth-order valence-electron chi connectivity index (χ4n) is 2.75. The number of nitrogens with zero attached hydrogens (tertiary/aromatic N) is 4. The van der Waals surface area contributed by atoms with E-state index in [2.05, 4.69) is 26.5 Å². The number of hydrogen-bond acceptors (Lipinski definition) is 6. The number of aryl methyl sites for hydroxylation is 1. The second kappa shape index (κ2) is 6.05. The van der Waals surface area contributed by atoms with Crippen LogP contribution in [0.3, 0.4) is 0 Å². The molecule has 0 bridgehead atoms. The summed E-state index contributed by atoms with van der Waals surface area (Å²) in [6.45, 7) is 6.34. The molecule has 0 spiro atoms. The average molecular weight is 295 g/mol. The van der Waals surface area contributed by atoms with Crippen LogP contribution in [-0.2, 0) is 11.2 Å². The van der Waals surface area contributed by atoms with Crippen molar-refractivity contribution < 1.29 is 4.79 Å². The standard InChI is InChI=1S/C13H21N5OS/c1-2-11-15-13(20-16-11)18-8-6-17(7-9-18)12(19)10-4-3-5-14-10/h10,14H,2-9H2,1H3. The van der Waals surface area contributed by atoms with E-state index in [-0.39, 0.29) is 11.9 Å². The van der Waals surface area contributed by atoms with Crippen molar-refractivity contribution in [1.29, 1.82) is 0 Å². The van der Waals surface area contributed by atoms with Crippen LogP contribution >= 0.6 is 11.5 Å². The van der Waals surface area contributed by atoms with Gasteiger partial charge in [0.05, 0.1) is 6.04 Å². The molecule has 3 heterocycles. The van der Waals surface area contributed by atoms with E-state index in [4.69, 9.17) is 0 Å². The van der Waals surface area contributed by atoms with Gasteiger partial charge in [-0.3, -0.25) is 4.79 Å². The van der Waals surface area contributed by atoms with Gasteiger partial charge in [0, 0.05) is 44.1 Å². The maximum atomic E-state index is 12.3. The van der Waals surface area contributed by atoms with E-state index in [1.165, 1.54) is 11.5 Å². The molecule has 2 aliphatic heterocycles. The van der Waals surface area contributed by atoms with Crippen molar-refractivity contribution in [3.8, 4) is 0 Å². The second-order valence-electron chi connectivity index (χ2n) is 5.31. The number of carbonyl (C=O) groups excluding carboxylic acids is 1. The largest absolute Gasteiger partial charge is 0.343 e. The van der Waals surface area contributed by atoms with E-state index < -0.39 is 0 Å². The van der Waals surface area contributed by atoms with Crippen LogP contribution in [-0.4, -0.2) is 58.9 Å². The number of rotatable bonds is 3. The maximum Gasteiger partial charge on any atom is 0.239 e. The first kappa shape index (κ1) is 13.8. The van der Waals surface area contributed by atoms with Gasteiger partial charge in [0.1, 0.15) is 5.82 Å². The Kier molecular flexibility index (Phi) is 4.16. The maximum absolute atomic E-state index is 12.3. The van der Waals surface area contributed by atoms with Crippen molar-refractivity contribution in [3.05, 3.63) is 5.82 Å². The van der Waals surface area contributed by atoms with E-state index in [0.29, 0.717) is 0 Å². The molecular formula is C13H21N5OS. The van der Waals surface area contributed by atoms with Gasteiger partial charge in [-0.05, 0) is 19.4 Å². The Hall–Kier alpha value is -1.21. The molecule has 2 fully saturated rings. The summed E-state index contributed by atoms with van der Waals surface area (Å²) in [6.07, 6.45) is 2.97. The fourth-order valence-corrected chi connectivity index (χ4v) is 3.55. The molecule has 3 rings (SSSR count). The first-order chi connectivity index (χ1) is 9.78. The Bertz CT molecular complexity index is 463. The summed E-state index contributed by atoms with van der Waals surface area (Å²) in [4.78, 5) is 21.1. The van der Waals surface area contributed by atoms with Gasteiger partial charge in [-0.15, -0.1) is 0 Å². The van der Waals surface area contributed by atoms with Crippen LogP contribution in [0.25, 0.3) is 0 Å². The topological polar surface area (TPSA) is 61.4 Å². The zero-order chi connectivity index (χ0) is 13.9. The Balaban J connectivity index is 1.55. The average Bonchev–Trinajstić information content (AvgIpc) is 3.18. The lowest BCUT2D eigenvalue weighted by atomic mass is 10.2. The van der Waals surface area contributed by atoms with E-state index in [1.807, 2.05) is 4.90 Å². The number of aromatic nitrogens is 2. The van der Waals surface area contributed by atoms with Crippen LogP contribution < -0.4 is 10.2 Å². The summed E-state index contributed by atoms with van der Waals surface area (Å²) >= 11 is 1.46. The molecule has 110 valence electrons. The minimum atomic E-state index is 0.0507. The van der Waals surface area contributed by atoms with Crippen LogP contribution in [0.5, 0.6) is 0 Å². The number of hydrogen-bond donors (Lipinski definition) is 1. The van der Waals surface area contributed by atoms with E-state index >= 15 is 0 Å². The number of anilines is 1. The highest BCUT2D eigenvalue weighted by Crippen LogP contribution is 2.20. The summed E-state index contributed by atoms with van der Waals surface area (Å²) < 4.78 is 4.33. The highest BCUT2D eigenvalue weighted by molar-refractivity contribution is 7.09. The molecule has 1 unspecified atom stereocenters. The van der Waals surface area contributed by atoms with Crippen molar-refractivity contribution >= 4 is 22.6 Å². The van der Waals surface area contributed by atoms with E-state index in [9.17, 15) is 4.79 Å². The summed E-state index contributed by atoms with van der Waals surface area (Å²) in [7, 11) is 0. The van der Waals surface area contributed by atoms with Crippen molar-refractivity contribution in [3.63, 3.8) is 0 Å². The molecule has 1 N–H and O–H groups in total. The van der Waals surface area contributed by atoms with E-state index in [1.54, 1.807) is 0 Å². The van der Waals surface area contributed by atoms with E-state index in [0.717, 1.165) is 62.9 Å². The molecule has 0 radical (unpaired) electrons. The van der Waals surface area contributed by atoms with Crippen molar-refractivity contribution in [2.45, 2.75) is 32.2 Å². The van der Waals surface area contributed by atoms with Gasteiger partial charge < -0.3 is 15.1 Å². The number of piperazine rings is 1. The Morgan fingerprint density at radius 3 is 2.80 bits per heavy atom. The highest BCUT2D eigenvalue weighted by Gasteiger charge is 2.29. The molecule has 0 aromatic carbocycles. The minimum Gasteiger partial charge on any atom is -0.343 e. The molecule has 6 nitrogen and oxygen atoms in total. The SMILES string of the molecule is CCc1nsc(N2CCN(C(=O)C3CCCN3)CC2)n1. The predicted molar refractivity (Wildman–Crippen MR) is 79.1 cm³/mol. The molecule has 1 atom stereocenters. The minimum absolute atomic E-state index is 0.0507. The molecule has 0 aliphatic carbocycles. The lowest BCUT2D eigenvalue weighted by molar-refractivity contribution is -0.133. The normalized spacial score (nSPS) is 23.4. The first-order valence-electron chi connectivity index (χ1n) is 7.37. The van der Waals surface area contributed by atoms with Gasteiger partial charge in [-0.25, -0.2) is 4.98 Å². The fraction of sp³-hybridized carbons (Fsp3) is 0.769. The quantitative estimate of drug-likeness (QED) is 0.880. The monoisotopic (exact) mass is 295 g/mol. The molecule has 2 saturated heterocycles. The predicted octanol–water partition coefficient (Wildman–Crippen LogP) is 0.501. The van der Waals surface area contributed by atoms with Gasteiger partial charge in [-0.1, -0.05) is 6.92 Å². The van der Waals surface area contributed by atoms with Gasteiger partial charge in [0.2, 0.25) is 11.0 Å². The molecule has 2 aliphatic rings. The molecule has 1 aromatic rings. The van der Waals surface area contributed by atoms with Gasteiger partial charge >= 0.3 is 0 Å². The molecule has 20 heavy (non-hydrogen) atoms. The van der Waals surface area contributed by atoms with Crippen LogP contribution in [0.4, 0.5) is 5.13 Å². The van der Waals surface area contributed by atoms with Crippen LogP contribution in [0.1, 0.15) is 25.6 Å².